The van der Waals surface area contributed by atoms with Crippen LogP contribution in [0.15, 0.2) is 35.7 Å². The summed E-state index contributed by atoms with van der Waals surface area (Å²) in [5.41, 5.74) is 6.57. The minimum Gasteiger partial charge on any atom is -0.481 e. The van der Waals surface area contributed by atoms with Gasteiger partial charge in [0, 0.05) is 42.7 Å². The molecule has 0 bridgehead atoms. The van der Waals surface area contributed by atoms with Crippen LogP contribution in [0.5, 0.6) is 0 Å². The molecule has 0 aliphatic heterocycles. The number of aliphatic carboxylic acids is 1. The standard InChI is InChI=1S/C45H67N3O7/c1-27(2)37-30(49)22-45(33(50)26-48(35(51)24-46)25-28-14-20-47-21-15-28)19-18-43(8)29(38(37)45)10-11-32-42(7)16-13-34(55-36(52)23-40(3,4)39(53)54)41(5,6)31(42)12-17-44(32,43)9/h14-15,20-21,27,29,31-34,50H,10-13,16-19,22-26,46H2,1-9H3,(H,53,54)/t29-,31+,32-,33?,34+,42+,43-,44-,45?/m1/s1. The molecular weight excluding hydrogens is 695 g/mol. The molecule has 0 spiro atoms. The Morgan fingerprint density at radius 3 is 2.25 bits per heavy atom. The van der Waals surface area contributed by atoms with Gasteiger partial charge in [0.2, 0.25) is 5.91 Å². The van der Waals surface area contributed by atoms with Gasteiger partial charge in [0.15, 0.2) is 5.78 Å². The van der Waals surface area contributed by atoms with E-state index in [2.05, 4.69) is 53.5 Å². The van der Waals surface area contributed by atoms with Crippen molar-refractivity contribution in [2.45, 2.75) is 145 Å². The van der Waals surface area contributed by atoms with Gasteiger partial charge in [-0.05, 0) is 128 Å². The number of carboxylic acids is 1. The Balaban J connectivity index is 1.30. The number of carbonyl (C=O) groups is 4. The molecule has 9 atom stereocenters. The molecular formula is C45H67N3O7. The summed E-state index contributed by atoms with van der Waals surface area (Å²) in [6.07, 6.45) is 9.58. The fourth-order valence-electron chi connectivity index (χ4n) is 13.4. The summed E-state index contributed by atoms with van der Waals surface area (Å²) in [7, 11) is 0. The average molecular weight is 762 g/mol. The molecule has 1 heterocycles. The molecule has 4 N–H and O–H groups in total. The first kappa shape index (κ1) is 41.5. The Morgan fingerprint density at radius 1 is 0.964 bits per heavy atom. The van der Waals surface area contributed by atoms with Crippen LogP contribution in [0.3, 0.4) is 0 Å². The third kappa shape index (κ3) is 6.59. The van der Waals surface area contributed by atoms with Crippen LogP contribution in [0.1, 0.15) is 132 Å². The molecule has 5 aliphatic rings. The molecule has 1 aromatic heterocycles. The number of Topliss-reactive ketones (excluding diaryl/α,β-unsaturated/α-hetero) is 1. The topological polar surface area (TPSA) is 160 Å². The van der Waals surface area contributed by atoms with Crippen molar-refractivity contribution in [1.82, 2.24) is 9.88 Å². The summed E-state index contributed by atoms with van der Waals surface area (Å²) >= 11 is 0. The van der Waals surface area contributed by atoms with Crippen molar-refractivity contribution in [1.29, 1.82) is 0 Å². The summed E-state index contributed by atoms with van der Waals surface area (Å²) in [5, 5.41) is 22.1. The normalized spacial score (nSPS) is 36.0. The largest absolute Gasteiger partial charge is 0.481 e. The van der Waals surface area contributed by atoms with E-state index in [9.17, 15) is 29.4 Å². The van der Waals surface area contributed by atoms with Gasteiger partial charge in [-0.3, -0.25) is 24.2 Å². The lowest BCUT2D eigenvalue weighted by atomic mass is 9.33. The highest BCUT2D eigenvalue weighted by Crippen LogP contribution is 2.77. The van der Waals surface area contributed by atoms with Gasteiger partial charge in [-0.25, -0.2) is 0 Å². The first-order valence-corrected chi connectivity index (χ1v) is 20.8. The number of amides is 1. The van der Waals surface area contributed by atoms with Crippen molar-refractivity contribution in [3.8, 4) is 0 Å². The zero-order valence-electron chi connectivity index (χ0n) is 34.9. The number of hydrogen-bond acceptors (Lipinski definition) is 8. The fourth-order valence-corrected chi connectivity index (χ4v) is 13.4. The number of ketones is 1. The Labute approximate surface area is 328 Å². The molecule has 5 aliphatic carbocycles. The first-order valence-electron chi connectivity index (χ1n) is 20.8. The van der Waals surface area contributed by atoms with Crippen molar-refractivity contribution in [2.75, 3.05) is 13.1 Å². The van der Waals surface area contributed by atoms with Gasteiger partial charge in [-0.15, -0.1) is 0 Å². The molecule has 1 amide bonds. The quantitative estimate of drug-likeness (QED) is 0.200. The van der Waals surface area contributed by atoms with Crippen LogP contribution >= 0.6 is 0 Å². The number of ether oxygens (including phenoxy) is 1. The van der Waals surface area contributed by atoms with Crippen LogP contribution in [0, 0.1) is 56.2 Å². The van der Waals surface area contributed by atoms with Gasteiger partial charge >= 0.3 is 11.9 Å². The highest BCUT2D eigenvalue weighted by Gasteiger charge is 2.71. The van der Waals surface area contributed by atoms with Gasteiger partial charge in [0.25, 0.3) is 0 Å². The molecule has 0 radical (unpaired) electrons. The van der Waals surface area contributed by atoms with Crippen LogP contribution in [0.25, 0.3) is 0 Å². The number of allylic oxidation sites excluding steroid dienone is 1. The van der Waals surface area contributed by atoms with Gasteiger partial charge in [-0.1, -0.05) is 54.0 Å². The molecule has 304 valence electrons. The van der Waals surface area contributed by atoms with Crippen LogP contribution in [0.4, 0.5) is 0 Å². The Bertz CT molecular complexity index is 1720. The molecule has 1 aromatic rings. The number of pyridine rings is 1. The van der Waals surface area contributed by atoms with E-state index >= 15 is 0 Å². The highest BCUT2D eigenvalue weighted by atomic mass is 16.5. The van der Waals surface area contributed by atoms with Crippen LogP contribution < -0.4 is 5.73 Å². The number of aliphatic hydroxyl groups excluding tert-OH is 1. The summed E-state index contributed by atoms with van der Waals surface area (Å²) in [6, 6.07) is 3.73. The monoisotopic (exact) mass is 761 g/mol. The second kappa shape index (κ2) is 14.4. The van der Waals surface area contributed by atoms with Crippen molar-refractivity contribution in [2.24, 2.45) is 61.9 Å². The maximum absolute atomic E-state index is 14.2. The zero-order valence-corrected chi connectivity index (χ0v) is 34.9. The molecule has 4 saturated carbocycles. The second-order valence-corrected chi connectivity index (χ2v) is 20.4. The number of esters is 1. The second-order valence-electron chi connectivity index (χ2n) is 20.4. The summed E-state index contributed by atoms with van der Waals surface area (Å²) in [6.45, 7) is 19.6. The lowest BCUT2D eigenvalue weighted by molar-refractivity contribution is -0.235. The zero-order chi connectivity index (χ0) is 40.5. The minimum absolute atomic E-state index is 0.0125. The predicted molar refractivity (Wildman–Crippen MR) is 210 cm³/mol. The smallest absolute Gasteiger partial charge is 0.309 e. The average Bonchev–Trinajstić information content (AvgIpc) is 3.42. The van der Waals surface area contributed by atoms with E-state index in [-0.39, 0.29) is 77.2 Å². The number of nitrogens with zero attached hydrogens (tertiary/aromatic N) is 2. The SMILES string of the molecule is CC(C)C1=C2[C@H]3CC[C@@H]4[C@@]5(C)CC[C@H](OC(=O)CC(C)(C)C(=O)O)C(C)(C)[C@@H]5CC[C@@]4(C)[C@]3(C)CCC2(C(O)CN(Cc2ccncc2)C(=O)CN)CC1=O. The number of nitrogens with two attached hydrogens (primary N) is 1. The van der Waals surface area contributed by atoms with E-state index in [1.807, 2.05) is 12.1 Å². The summed E-state index contributed by atoms with van der Waals surface area (Å²) in [4.78, 5) is 58.1. The lowest BCUT2D eigenvalue weighted by Crippen LogP contribution is -2.66. The number of carboxylic acid groups (broad SMARTS) is 1. The van der Waals surface area contributed by atoms with E-state index in [0.717, 1.165) is 56.1 Å². The fraction of sp³-hybridized carbons (Fsp3) is 0.756. The van der Waals surface area contributed by atoms with Crippen molar-refractivity contribution >= 4 is 23.6 Å². The Kier molecular flexibility index (Phi) is 10.8. The molecule has 2 unspecified atom stereocenters. The number of carbonyl (C=O) groups excluding carboxylic acids is 3. The molecule has 10 nitrogen and oxygen atoms in total. The lowest BCUT2D eigenvalue weighted by Gasteiger charge is -2.72. The highest BCUT2D eigenvalue weighted by molar-refractivity contribution is 6.00. The Morgan fingerprint density at radius 2 is 1.64 bits per heavy atom. The number of rotatable bonds is 11. The number of aromatic nitrogens is 1. The van der Waals surface area contributed by atoms with E-state index < -0.39 is 28.9 Å². The minimum atomic E-state index is -1.19. The molecule has 10 heteroatoms. The van der Waals surface area contributed by atoms with Crippen molar-refractivity contribution < 1.29 is 34.1 Å². The number of fused-ring (bicyclic) bond motifs is 7. The maximum Gasteiger partial charge on any atom is 0.309 e. The summed E-state index contributed by atoms with van der Waals surface area (Å²) < 4.78 is 6.16. The van der Waals surface area contributed by atoms with Crippen LogP contribution in [-0.2, 0) is 30.5 Å². The van der Waals surface area contributed by atoms with E-state index in [1.54, 1.807) is 31.1 Å². The Hall–Kier alpha value is -3.11. The van der Waals surface area contributed by atoms with Gasteiger partial charge in [0.05, 0.1) is 24.5 Å². The van der Waals surface area contributed by atoms with Crippen LogP contribution in [0.2, 0.25) is 0 Å². The van der Waals surface area contributed by atoms with Gasteiger partial charge in [-0.2, -0.15) is 0 Å². The number of hydrogen-bond donors (Lipinski definition) is 3. The van der Waals surface area contributed by atoms with E-state index in [0.29, 0.717) is 24.8 Å². The van der Waals surface area contributed by atoms with E-state index in [1.165, 1.54) is 5.57 Å². The predicted octanol–water partition coefficient (Wildman–Crippen LogP) is 7.12. The van der Waals surface area contributed by atoms with Crippen molar-refractivity contribution in [3.05, 3.63) is 41.2 Å². The molecule has 6 rings (SSSR count). The first-order chi connectivity index (χ1) is 25.6. The van der Waals surface area contributed by atoms with E-state index in [4.69, 9.17) is 10.5 Å². The van der Waals surface area contributed by atoms with Gasteiger partial charge in [0.1, 0.15) is 6.10 Å². The third-order valence-electron chi connectivity index (χ3n) is 16.5. The van der Waals surface area contributed by atoms with Crippen LogP contribution in [-0.4, -0.2) is 69.0 Å². The summed E-state index contributed by atoms with van der Waals surface area (Å²) in [5.74, 6) is -0.620. The molecule has 0 aromatic carbocycles. The van der Waals surface area contributed by atoms with Crippen molar-refractivity contribution in [3.63, 3.8) is 0 Å². The van der Waals surface area contributed by atoms with Gasteiger partial charge < -0.3 is 25.6 Å². The molecule has 55 heavy (non-hydrogen) atoms. The molecule has 0 saturated heterocycles. The molecule has 4 fully saturated rings. The number of aliphatic hydroxyl groups is 1. The maximum atomic E-state index is 14.2. The third-order valence-corrected chi connectivity index (χ3v) is 16.5.